The van der Waals surface area contributed by atoms with Crippen LogP contribution in [0.4, 0.5) is 0 Å². The van der Waals surface area contributed by atoms with E-state index in [0.29, 0.717) is 5.88 Å². The number of pyridine rings is 1. The smallest absolute Gasteiger partial charge is 0.212 e. The first kappa shape index (κ1) is 15.2. The van der Waals surface area contributed by atoms with Gasteiger partial charge in [-0.3, -0.25) is 0 Å². The highest BCUT2D eigenvalue weighted by Gasteiger charge is 2.07. The predicted octanol–water partition coefficient (Wildman–Crippen LogP) is 3.13. The van der Waals surface area contributed by atoms with Crippen molar-refractivity contribution in [1.29, 1.82) is 0 Å². The molecule has 0 aliphatic carbocycles. The third-order valence-electron chi connectivity index (χ3n) is 3.79. The van der Waals surface area contributed by atoms with E-state index in [-0.39, 0.29) is 6.04 Å². The van der Waals surface area contributed by atoms with Gasteiger partial charge in [-0.2, -0.15) is 0 Å². The van der Waals surface area contributed by atoms with Crippen LogP contribution in [0.2, 0.25) is 0 Å². The number of hydrogen-bond acceptors (Lipinski definition) is 4. The van der Waals surface area contributed by atoms with Crippen molar-refractivity contribution in [2.45, 2.75) is 19.5 Å². The average molecular weight is 308 g/mol. The minimum Gasteiger partial charge on any atom is -0.481 e. The SMILES string of the molecule is COc1ccc(CN[C@H](C)c2cccc(-n3ccnc3)c2)cn1. The minimum atomic E-state index is 0.237. The highest BCUT2D eigenvalue weighted by Crippen LogP contribution is 2.17. The first-order valence-corrected chi connectivity index (χ1v) is 7.57. The van der Waals surface area contributed by atoms with Crippen molar-refractivity contribution in [3.8, 4) is 11.6 Å². The monoisotopic (exact) mass is 308 g/mol. The number of imidazole rings is 1. The molecule has 0 radical (unpaired) electrons. The van der Waals surface area contributed by atoms with Crippen molar-refractivity contribution in [2.75, 3.05) is 7.11 Å². The second kappa shape index (κ2) is 7.07. The number of benzene rings is 1. The summed E-state index contributed by atoms with van der Waals surface area (Å²) in [5.41, 5.74) is 3.47. The fourth-order valence-corrected chi connectivity index (χ4v) is 2.39. The summed E-state index contributed by atoms with van der Waals surface area (Å²) in [6.07, 6.45) is 7.37. The zero-order valence-electron chi connectivity index (χ0n) is 13.3. The molecule has 0 saturated heterocycles. The van der Waals surface area contributed by atoms with E-state index in [1.807, 2.05) is 29.1 Å². The Hall–Kier alpha value is -2.66. The standard InChI is InChI=1S/C18H20N4O/c1-14(20-11-15-6-7-18(23-2)21-12-15)16-4-3-5-17(10-16)22-9-8-19-13-22/h3-10,12-14,20H,11H2,1-2H3/t14-/m1/s1. The summed E-state index contributed by atoms with van der Waals surface area (Å²) >= 11 is 0. The lowest BCUT2D eigenvalue weighted by Gasteiger charge is -2.15. The summed E-state index contributed by atoms with van der Waals surface area (Å²) in [5.74, 6) is 0.634. The Bertz CT molecular complexity index is 738. The number of nitrogens with one attached hydrogen (secondary N) is 1. The molecule has 0 saturated carbocycles. The third kappa shape index (κ3) is 3.76. The van der Waals surface area contributed by atoms with Crippen LogP contribution in [-0.4, -0.2) is 21.6 Å². The Morgan fingerprint density at radius 1 is 1.26 bits per heavy atom. The molecule has 0 aliphatic heterocycles. The second-order valence-electron chi connectivity index (χ2n) is 5.38. The average Bonchev–Trinajstić information content (AvgIpc) is 3.15. The van der Waals surface area contributed by atoms with Gasteiger partial charge in [0.1, 0.15) is 0 Å². The summed E-state index contributed by atoms with van der Waals surface area (Å²) in [7, 11) is 1.62. The van der Waals surface area contributed by atoms with Gasteiger partial charge in [0.05, 0.1) is 13.4 Å². The van der Waals surface area contributed by atoms with Crippen LogP contribution in [0, 0.1) is 0 Å². The lowest BCUT2D eigenvalue weighted by molar-refractivity contribution is 0.397. The van der Waals surface area contributed by atoms with E-state index in [2.05, 4.69) is 46.5 Å². The van der Waals surface area contributed by atoms with Crippen LogP contribution in [0.5, 0.6) is 5.88 Å². The number of nitrogens with zero attached hydrogens (tertiary/aromatic N) is 3. The molecule has 1 atom stereocenters. The van der Waals surface area contributed by atoms with Gasteiger partial charge in [0.15, 0.2) is 0 Å². The van der Waals surface area contributed by atoms with Gasteiger partial charge >= 0.3 is 0 Å². The first-order valence-electron chi connectivity index (χ1n) is 7.57. The Morgan fingerprint density at radius 3 is 2.87 bits per heavy atom. The van der Waals surface area contributed by atoms with Gasteiger partial charge in [0.25, 0.3) is 0 Å². The Kier molecular flexibility index (Phi) is 4.68. The maximum Gasteiger partial charge on any atom is 0.212 e. The molecule has 0 aliphatic rings. The van der Waals surface area contributed by atoms with Gasteiger partial charge in [0.2, 0.25) is 5.88 Å². The zero-order valence-corrected chi connectivity index (χ0v) is 13.3. The fraction of sp³-hybridized carbons (Fsp3) is 0.222. The number of methoxy groups -OCH3 is 1. The number of ether oxygens (including phenoxy) is 1. The molecule has 2 heterocycles. The summed E-state index contributed by atoms with van der Waals surface area (Å²) in [5, 5.41) is 3.52. The van der Waals surface area contributed by atoms with Crippen molar-refractivity contribution < 1.29 is 4.74 Å². The van der Waals surface area contributed by atoms with Crippen molar-refractivity contribution >= 4 is 0 Å². The summed E-state index contributed by atoms with van der Waals surface area (Å²) < 4.78 is 7.08. The van der Waals surface area contributed by atoms with E-state index in [9.17, 15) is 0 Å². The normalized spacial score (nSPS) is 12.1. The van der Waals surface area contributed by atoms with E-state index in [1.165, 1.54) is 5.56 Å². The largest absolute Gasteiger partial charge is 0.481 e. The quantitative estimate of drug-likeness (QED) is 0.760. The van der Waals surface area contributed by atoms with Crippen molar-refractivity contribution in [3.05, 3.63) is 72.4 Å². The molecule has 23 heavy (non-hydrogen) atoms. The van der Waals surface area contributed by atoms with E-state index in [0.717, 1.165) is 17.8 Å². The number of rotatable bonds is 6. The molecule has 0 fully saturated rings. The second-order valence-corrected chi connectivity index (χ2v) is 5.38. The molecule has 0 amide bonds. The van der Waals surface area contributed by atoms with Crippen LogP contribution in [0.25, 0.3) is 5.69 Å². The Morgan fingerprint density at radius 2 is 2.17 bits per heavy atom. The van der Waals surface area contributed by atoms with Gasteiger partial charge in [-0.25, -0.2) is 9.97 Å². The van der Waals surface area contributed by atoms with Crippen molar-refractivity contribution in [1.82, 2.24) is 19.9 Å². The molecule has 2 aromatic heterocycles. The van der Waals surface area contributed by atoms with E-state index in [4.69, 9.17) is 4.74 Å². The molecule has 3 aromatic rings. The number of aromatic nitrogens is 3. The lowest BCUT2D eigenvalue weighted by Crippen LogP contribution is -2.18. The van der Waals surface area contributed by atoms with Crippen LogP contribution in [0.1, 0.15) is 24.1 Å². The van der Waals surface area contributed by atoms with E-state index >= 15 is 0 Å². The fourth-order valence-electron chi connectivity index (χ4n) is 2.39. The van der Waals surface area contributed by atoms with Crippen LogP contribution in [-0.2, 0) is 6.54 Å². The summed E-state index contributed by atoms with van der Waals surface area (Å²) in [4.78, 5) is 8.32. The van der Waals surface area contributed by atoms with E-state index < -0.39 is 0 Å². The molecule has 1 N–H and O–H groups in total. The molecule has 0 bridgehead atoms. The van der Waals surface area contributed by atoms with Gasteiger partial charge in [0, 0.05) is 42.9 Å². The highest BCUT2D eigenvalue weighted by atomic mass is 16.5. The van der Waals surface area contributed by atoms with Crippen LogP contribution >= 0.6 is 0 Å². The topological polar surface area (TPSA) is 52.0 Å². The maximum absolute atomic E-state index is 5.07. The summed E-state index contributed by atoms with van der Waals surface area (Å²) in [6, 6.07) is 12.6. The minimum absolute atomic E-state index is 0.237. The van der Waals surface area contributed by atoms with Crippen LogP contribution < -0.4 is 10.1 Å². The van der Waals surface area contributed by atoms with Gasteiger partial charge in [-0.05, 0) is 30.2 Å². The third-order valence-corrected chi connectivity index (χ3v) is 3.79. The first-order chi connectivity index (χ1) is 11.3. The molecule has 0 spiro atoms. The Labute approximate surface area is 136 Å². The van der Waals surface area contributed by atoms with Crippen molar-refractivity contribution in [3.63, 3.8) is 0 Å². The molecule has 5 nitrogen and oxygen atoms in total. The molecule has 3 rings (SSSR count). The van der Waals surface area contributed by atoms with Gasteiger partial charge in [-0.15, -0.1) is 0 Å². The number of hydrogen-bond donors (Lipinski definition) is 1. The lowest BCUT2D eigenvalue weighted by atomic mass is 10.1. The Balaban J connectivity index is 1.65. The predicted molar refractivity (Wildman–Crippen MR) is 89.6 cm³/mol. The molecule has 0 unspecified atom stereocenters. The summed E-state index contributed by atoms with van der Waals surface area (Å²) in [6.45, 7) is 2.91. The molecule has 5 heteroatoms. The molecule has 1 aromatic carbocycles. The van der Waals surface area contributed by atoms with E-state index in [1.54, 1.807) is 19.6 Å². The molecule has 118 valence electrons. The molecular formula is C18H20N4O. The zero-order chi connectivity index (χ0) is 16.1. The van der Waals surface area contributed by atoms with Crippen LogP contribution in [0.15, 0.2) is 61.3 Å². The van der Waals surface area contributed by atoms with Gasteiger partial charge < -0.3 is 14.6 Å². The van der Waals surface area contributed by atoms with Gasteiger partial charge in [-0.1, -0.05) is 18.2 Å². The maximum atomic E-state index is 5.07. The van der Waals surface area contributed by atoms with Crippen molar-refractivity contribution in [2.24, 2.45) is 0 Å². The van der Waals surface area contributed by atoms with Crippen LogP contribution in [0.3, 0.4) is 0 Å². The highest BCUT2D eigenvalue weighted by molar-refractivity contribution is 5.37. The molecular weight excluding hydrogens is 288 g/mol.